The predicted molar refractivity (Wildman–Crippen MR) is 106 cm³/mol. The van der Waals surface area contributed by atoms with E-state index in [1.54, 1.807) is 0 Å². The first-order chi connectivity index (χ1) is 12.1. The highest BCUT2D eigenvalue weighted by Crippen LogP contribution is 2.21. The number of hydrogen-bond donors (Lipinski definition) is 2. The summed E-state index contributed by atoms with van der Waals surface area (Å²) in [5.41, 5.74) is 2.59. The summed E-state index contributed by atoms with van der Waals surface area (Å²) in [7, 11) is 1.83. The molecule has 5 nitrogen and oxygen atoms in total. The number of morpholine rings is 1. The fraction of sp³-hybridized carbons (Fsp3) is 0.650. The largest absolute Gasteiger partial charge is 0.378 e. The van der Waals surface area contributed by atoms with Gasteiger partial charge in [0.1, 0.15) is 0 Å². The number of anilines is 1. The van der Waals surface area contributed by atoms with Gasteiger partial charge in [-0.2, -0.15) is 0 Å². The smallest absolute Gasteiger partial charge is 0.191 e. The summed E-state index contributed by atoms with van der Waals surface area (Å²) in [6, 6.07) is 9.01. The van der Waals surface area contributed by atoms with Crippen LogP contribution in [0.2, 0.25) is 0 Å². The van der Waals surface area contributed by atoms with Crippen LogP contribution in [0.25, 0.3) is 0 Å². The van der Waals surface area contributed by atoms with E-state index < -0.39 is 0 Å². The second-order valence-electron chi connectivity index (χ2n) is 7.17. The molecule has 1 aliphatic rings. The van der Waals surface area contributed by atoms with Gasteiger partial charge in [0.05, 0.1) is 13.2 Å². The lowest BCUT2D eigenvalue weighted by molar-refractivity contribution is 0.122. The van der Waals surface area contributed by atoms with Crippen LogP contribution in [0, 0.1) is 5.92 Å². The molecular weight excluding hydrogens is 312 g/mol. The molecule has 0 radical (unpaired) electrons. The van der Waals surface area contributed by atoms with Crippen molar-refractivity contribution in [1.29, 1.82) is 0 Å². The highest BCUT2D eigenvalue weighted by Gasteiger charge is 2.14. The maximum absolute atomic E-state index is 5.47. The number of aliphatic imine (C=N–C) groups is 1. The maximum atomic E-state index is 5.47. The third-order valence-corrected chi connectivity index (χ3v) is 4.57. The van der Waals surface area contributed by atoms with Crippen LogP contribution < -0.4 is 15.5 Å². The topological polar surface area (TPSA) is 48.9 Å². The van der Waals surface area contributed by atoms with E-state index in [-0.39, 0.29) is 0 Å². The SMILES string of the molecule is CN=C(NCc1ccccc1N1CCOCC1)NC(C)CCC(C)C. The fourth-order valence-corrected chi connectivity index (χ4v) is 3.04. The van der Waals surface area contributed by atoms with Crippen LogP contribution in [0.1, 0.15) is 39.2 Å². The molecule has 1 heterocycles. The van der Waals surface area contributed by atoms with Crippen molar-refractivity contribution in [2.45, 2.75) is 46.2 Å². The average Bonchev–Trinajstić information content (AvgIpc) is 2.64. The standard InChI is InChI=1S/C20H34N4O/c1-16(2)9-10-17(3)23-20(21-4)22-15-18-7-5-6-8-19(18)24-11-13-25-14-12-24/h5-8,16-17H,9-15H2,1-4H3,(H2,21,22,23). The molecule has 0 spiro atoms. The number of para-hydroxylation sites is 1. The molecule has 1 atom stereocenters. The third kappa shape index (κ3) is 6.58. The Balaban J connectivity index is 1.90. The number of rotatable bonds is 7. The van der Waals surface area contributed by atoms with Crippen molar-refractivity contribution in [3.63, 3.8) is 0 Å². The van der Waals surface area contributed by atoms with Gasteiger partial charge in [-0.05, 0) is 37.3 Å². The number of ether oxygens (including phenoxy) is 1. The van der Waals surface area contributed by atoms with Crippen molar-refractivity contribution in [3.8, 4) is 0 Å². The van der Waals surface area contributed by atoms with Crippen LogP contribution in [0.15, 0.2) is 29.3 Å². The Labute approximate surface area is 152 Å². The lowest BCUT2D eigenvalue weighted by Gasteiger charge is -2.30. The second kappa shape index (κ2) is 10.3. The molecule has 0 aromatic heterocycles. The number of nitrogens with one attached hydrogen (secondary N) is 2. The predicted octanol–water partition coefficient (Wildman–Crippen LogP) is 3.01. The Morgan fingerprint density at radius 3 is 2.56 bits per heavy atom. The van der Waals surface area contributed by atoms with E-state index in [9.17, 15) is 0 Å². The van der Waals surface area contributed by atoms with Gasteiger partial charge in [0.25, 0.3) is 0 Å². The molecule has 1 aromatic rings. The van der Waals surface area contributed by atoms with Crippen molar-refractivity contribution < 1.29 is 4.74 Å². The number of benzene rings is 1. The summed E-state index contributed by atoms with van der Waals surface area (Å²) in [5, 5.41) is 6.96. The summed E-state index contributed by atoms with van der Waals surface area (Å²) in [6.07, 6.45) is 2.38. The lowest BCUT2D eigenvalue weighted by atomic mass is 10.0. The zero-order valence-electron chi connectivity index (χ0n) is 16.2. The van der Waals surface area contributed by atoms with Crippen molar-refractivity contribution in [2.75, 3.05) is 38.3 Å². The molecule has 0 bridgehead atoms. The minimum Gasteiger partial charge on any atom is -0.378 e. The van der Waals surface area contributed by atoms with Gasteiger partial charge in [0.2, 0.25) is 0 Å². The first-order valence-corrected chi connectivity index (χ1v) is 9.48. The van der Waals surface area contributed by atoms with E-state index >= 15 is 0 Å². The summed E-state index contributed by atoms with van der Waals surface area (Å²) in [4.78, 5) is 6.78. The van der Waals surface area contributed by atoms with Crippen molar-refractivity contribution >= 4 is 11.6 Å². The fourth-order valence-electron chi connectivity index (χ4n) is 3.04. The minimum atomic E-state index is 0.420. The first kappa shape index (κ1) is 19.6. The van der Waals surface area contributed by atoms with Gasteiger partial charge in [-0.15, -0.1) is 0 Å². The Hall–Kier alpha value is -1.75. The van der Waals surface area contributed by atoms with Crippen LogP contribution in [-0.4, -0.2) is 45.4 Å². The van der Waals surface area contributed by atoms with Gasteiger partial charge < -0.3 is 20.3 Å². The zero-order chi connectivity index (χ0) is 18.1. The highest BCUT2D eigenvalue weighted by molar-refractivity contribution is 5.80. The van der Waals surface area contributed by atoms with Gasteiger partial charge in [-0.3, -0.25) is 4.99 Å². The molecule has 0 saturated carbocycles. The second-order valence-corrected chi connectivity index (χ2v) is 7.17. The van der Waals surface area contributed by atoms with Gasteiger partial charge in [0.15, 0.2) is 5.96 Å². The molecule has 1 fully saturated rings. The molecule has 140 valence electrons. The number of nitrogens with zero attached hydrogens (tertiary/aromatic N) is 2. The Kier molecular flexibility index (Phi) is 8.06. The van der Waals surface area contributed by atoms with E-state index in [2.05, 4.69) is 65.6 Å². The summed E-state index contributed by atoms with van der Waals surface area (Å²) in [6.45, 7) is 11.0. The molecule has 1 aliphatic heterocycles. The molecule has 2 rings (SSSR count). The van der Waals surface area contributed by atoms with Crippen LogP contribution in [0.3, 0.4) is 0 Å². The molecule has 1 saturated heterocycles. The quantitative estimate of drug-likeness (QED) is 0.589. The van der Waals surface area contributed by atoms with E-state index in [1.807, 2.05) is 7.05 Å². The number of hydrogen-bond acceptors (Lipinski definition) is 3. The Morgan fingerprint density at radius 1 is 1.16 bits per heavy atom. The third-order valence-electron chi connectivity index (χ3n) is 4.57. The maximum Gasteiger partial charge on any atom is 0.191 e. The van der Waals surface area contributed by atoms with Gasteiger partial charge in [0, 0.05) is 38.4 Å². The van der Waals surface area contributed by atoms with E-state index in [0.717, 1.165) is 51.1 Å². The normalized spacial score (nSPS) is 16.8. The van der Waals surface area contributed by atoms with Crippen LogP contribution in [0.4, 0.5) is 5.69 Å². The molecule has 0 amide bonds. The summed E-state index contributed by atoms with van der Waals surface area (Å²) >= 11 is 0. The van der Waals surface area contributed by atoms with Crippen LogP contribution >= 0.6 is 0 Å². The molecule has 2 N–H and O–H groups in total. The van der Waals surface area contributed by atoms with Crippen LogP contribution in [-0.2, 0) is 11.3 Å². The number of guanidine groups is 1. The molecule has 1 aromatic carbocycles. The van der Waals surface area contributed by atoms with E-state index in [4.69, 9.17) is 4.74 Å². The summed E-state index contributed by atoms with van der Waals surface area (Å²) < 4.78 is 5.47. The lowest BCUT2D eigenvalue weighted by Crippen LogP contribution is -2.42. The minimum absolute atomic E-state index is 0.420. The Morgan fingerprint density at radius 2 is 1.88 bits per heavy atom. The molecule has 5 heteroatoms. The average molecular weight is 347 g/mol. The van der Waals surface area contributed by atoms with E-state index in [0.29, 0.717) is 6.04 Å². The molecule has 0 aliphatic carbocycles. The van der Waals surface area contributed by atoms with Crippen LogP contribution in [0.5, 0.6) is 0 Å². The van der Waals surface area contributed by atoms with Gasteiger partial charge in [-0.1, -0.05) is 32.0 Å². The molecule has 1 unspecified atom stereocenters. The van der Waals surface area contributed by atoms with Crippen molar-refractivity contribution in [1.82, 2.24) is 10.6 Å². The first-order valence-electron chi connectivity index (χ1n) is 9.48. The van der Waals surface area contributed by atoms with Gasteiger partial charge in [-0.25, -0.2) is 0 Å². The van der Waals surface area contributed by atoms with Gasteiger partial charge >= 0.3 is 0 Å². The zero-order valence-corrected chi connectivity index (χ0v) is 16.2. The Bertz CT molecular complexity index is 538. The van der Waals surface area contributed by atoms with Crippen molar-refractivity contribution in [2.24, 2.45) is 10.9 Å². The molecule has 25 heavy (non-hydrogen) atoms. The summed E-state index contributed by atoms with van der Waals surface area (Å²) in [5.74, 6) is 1.60. The van der Waals surface area contributed by atoms with Crippen molar-refractivity contribution in [3.05, 3.63) is 29.8 Å². The highest BCUT2D eigenvalue weighted by atomic mass is 16.5. The monoisotopic (exact) mass is 346 g/mol. The van der Waals surface area contributed by atoms with E-state index in [1.165, 1.54) is 17.7 Å². The molecular formula is C20H34N4O.